The quantitative estimate of drug-likeness (QED) is 0.798. The van der Waals surface area contributed by atoms with Gasteiger partial charge in [-0.1, -0.05) is 6.07 Å². The lowest BCUT2D eigenvalue weighted by Gasteiger charge is -2.37. The minimum atomic E-state index is -0.246. The third-order valence-corrected chi connectivity index (χ3v) is 5.17. The second kappa shape index (κ2) is 8.75. The first-order chi connectivity index (χ1) is 12.5. The van der Waals surface area contributed by atoms with Crippen molar-refractivity contribution in [3.05, 3.63) is 29.6 Å². The van der Waals surface area contributed by atoms with Gasteiger partial charge in [-0.15, -0.1) is 0 Å². The number of hydrogen-bond acceptors (Lipinski definition) is 4. The summed E-state index contributed by atoms with van der Waals surface area (Å²) in [5.41, 5.74) is 1.27. The molecule has 0 aromatic heterocycles. The summed E-state index contributed by atoms with van der Waals surface area (Å²) in [6, 6.07) is 5.01. The highest BCUT2D eigenvalue weighted by molar-refractivity contribution is 7.80. The van der Waals surface area contributed by atoms with Crippen LogP contribution in [0.25, 0.3) is 0 Å². The van der Waals surface area contributed by atoms with E-state index in [0.29, 0.717) is 49.2 Å². The normalized spacial score (nSPS) is 18.7. The number of morpholine rings is 1. The summed E-state index contributed by atoms with van der Waals surface area (Å²) < 4.78 is 18.9. The van der Waals surface area contributed by atoms with E-state index in [-0.39, 0.29) is 11.7 Å². The molecule has 2 heterocycles. The van der Waals surface area contributed by atoms with E-state index in [1.165, 1.54) is 6.07 Å². The van der Waals surface area contributed by atoms with Crippen LogP contribution in [0.3, 0.4) is 0 Å². The van der Waals surface area contributed by atoms with Gasteiger partial charge in [0, 0.05) is 45.0 Å². The Morgan fingerprint density at radius 2 is 1.85 bits per heavy atom. The Morgan fingerprint density at radius 3 is 2.50 bits per heavy atom. The smallest absolute Gasteiger partial charge is 0.236 e. The minimum absolute atomic E-state index is 0.164. The van der Waals surface area contributed by atoms with Crippen LogP contribution in [-0.2, 0) is 9.53 Å². The molecule has 8 heteroatoms. The van der Waals surface area contributed by atoms with Gasteiger partial charge in [0.2, 0.25) is 5.91 Å². The molecule has 0 saturated carbocycles. The van der Waals surface area contributed by atoms with Crippen molar-refractivity contribution in [1.29, 1.82) is 0 Å². The number of hydrogen-bond donors (Lipinski definition) is 1. The molecule has 0 bridgehead atoms. The molecule has 0 aliphatic carbocycles. The zero-order valence-corrected chi connectivity index (χ0v) is 15.9. The van der Waals surface area contributed by atoms with Gasteiger partial charge in [-0.25, -0.2) is 4.39 Å². The minimum Gasteiger partial charge on any atom is -0.378 e. The van der Waals surface area contributed by atoms with Crippen molar-refractivity contribution in [3.8, 4) is 0 Å². The van der Waals surface area contributed by atoms with Crippen LogP contribution in [0.2, 0.25) is 0 Å². The molecule has 142 valence electrons. The van der Waals surface area contributed by atoms with Crippen LogP contribution in [0.5, 0.6) is 0 Å². The number of piperazine rings is 1. The number of carbonyl (C=O) groups excluding carboxylic acids is 1. The standard InChI is InChI=1S/C18H25FN4O2S/c1-14-2-3-15(12-16(14)19)20-18(26)23-6-4-21(5-7-23)13-17(24)22-8-10-25-11-9-22/h2-3,12H,4-11,13H2,1H3,(H,20,26). The highest BCUT2D eigenvalue weighted by atomic mass is 32.1. The molecule has 0 atom stereocenters. The summed E-state index contributed by atoms with van der Waals surface area (Å²) in [4.78, 5) is 18.4. The van der Waals surface area contributed by atoms with E-state index >= 15 is 0 Å². The first-order valence-corrected chi connectivity index (χ1v) is 9.34. The molecule has 0 radical (unpaired) electrons. The van der Waals surface area contributed by atoms with Crippen molar-refractivity contribution in [1.82, 2.24) is 14.7 Å². The van der Waals surface area contributed by atoms with Gasteiger partial charge in [0.25, 0.3) is 0 Å². The molecule has 2 fully saturated rings. The van der Waals surface area contributed by atoms with Gasteiger partial charge in [0.1, 0.15) is 5.82 Å². The SMILES string of the molecule is Cc1ccc(NC(=S)N2CCN(CC(=O)N3CCOCC3)CC2)cc1F. The van der Waals surface area contributed by atoms with Gasteiger partial charge in [0.05, 0.1) is 19.8 Å². The van der Waals surface area contributed by atoms with Crippen LogP contribution in [0.15, 0.2) is 18.2 Å². The third kappa shape index (κ3) is 4.90. The fourth-order valence-electron chi connectivity index (χ4n) is 3.09. The second-order valence-electron chi connectivity index (χ2n) is 6.65. The lowest BCUT2D eigenvalue weighted by Crippen LogP contribution is -2.53. The summed E-state index contributed by atoms with van der Waals surface area (Å²) in [6.45, 7) is 7.83. The second-order valence-corrected chi connectivity index (χ2v) is 7.04. The molecular weight excluding hydrogens is 355 g/mol. The summed E-state index contributed by atoms with van der Waals surface area (Å²) in [6.07, 6.45) is 0. The summed E-state index contributed by atoms with van der Waals surface area (Å²) in [7, 11) is 0. The van der Waals surface area contributed by atoms with Crippen molar-refractivity contribution in [3.63, 3.8) is 0 Å². The zero-order valence-electron chi connectivity index (χ0n) is 15.0. The van der Waals surface area contributed by atoms with Crippen LogP contribution in [-0.4, -0.2) is 84.7 Å². The largest absolute Gasteiger partial charge is 0.378 e. The molecular formula is C18H25FN4O2S. The van der Waals surface area contributed by atoms with E-state index < -0.39 is 0 Å². The van der Waals surface area contributed by atoms with Crippen LogP contribution in [0.1, 0.15) is 5.56 Å². The third-order valence-electron chi connectivity index (χ3n) is 4.81. The molecule has 1 amide bonds. The number of benzene rings is 1. The van der Waals surface area contributed by atoms with E-state index in [0.717, 1.165) is 26.2 Å². The van der Waals surface area contributed by atoms with E-state index in [1.807, 2.05) is 11.0 Å². The van der Waals surface area contributed by atoms with Crippen molar-refractivity contribution in [2.75, 3.05) is 64.3 Å². The maximum absolute atomic E-state index is 13.7. The Hall–Kier alpha value is -1.77. The van der Waals surface area contributed by atoms with Gasteiger partial charge in [0.15, 0.2) is 5.11 Å². The van der Waals surface area contributed by atoms with Crippen molar-refractivity contribution >= 4 is 28.9 Å². The number of aryl methyl sites for hydroxylation is 1. The van der Waals surface area contributed by atoms with Crippen molar-refractivity contribution in [2.45, 2.75) is 6.92 Å². The number of anilines is 1. The van der Waals surface area contributed by atoms with E-state index in [1.54, 1.807) is 13.0 Å². The predicted molar refractivity (Wildman–Crippen MR) is 103 cm³/mol. The highest BCUT2D eigenvalue weighted by Gasteiger charge is 2.23. The topological polar surface area (TPSA) is 48.0 Å². The Kier molecular flexibility index (Phi) is 6.39. The van der Waals surface area contributed by atoms with Crippen molar-refractivity contribution in [2.24, 2.45) is 0 Å². The highest BCUT2D eigenvalue weighted by Crippen LogP contribution is 2.15. The Balaban J connectivity index is 1.44. The number of nitrogens with one attached hydrogen (secondary N) is 1. The first-order valence-electron chi connectivity index (χ1n) is 8.93. The molecule has 1 N–H and O–H groups in total. The summed E-state index contributed by atoms with van der Waals surface area (Å²) >= 11 is 5.45. The predicted octanol–water partition coefficient (Wildman–Crippen LogP) is 1.31. The van der Waals surface area contributed by atoms with Crippen LogP contribution >= 0.6 is 12.2 Å². The Morgan fingerprint density at radius 1 is 1.15 bits per heavy atom. The van der Waals surface area contributed by atoms with Crippen LogP contribution in [0, 0.1) is 12.7 Å². The first kappa shape index (κ1) is 19.0. The molecule has 2 aliphatic heterocycles. The van der Waals surface area contributed by atoms with Gasteiger partial charge in [-0.3, -0.25) is 9.69 Å². The number of amides is 1. The number of ether oxygens (including phenoxy) is 1. The molecule has 1 aromatic rings. The van der Waals surface area contributed by atoms with Gasteiger partial charge in [-0.2, -0.15) is 0 Å². The molecule has 3 rings (SSSR count). The fraction of sp³-hybridized carbons (Fsp3) is 0.556. The number of rotatable bonds is 3. The average Bonchev–Trinajstić information content (AvgIpc) is 2.66. The average molecular weight is 380 g/mol. The lowest BCUT2D eigenvalue weighted by atomic mass is 10.2. The maximum Gasteiger partial charge on any atom is 0.236 e. The molecule has 1 aromatic carbocycles. The lowest BCUT2D eigenvalue weighted by molar-refractivity contribution is -0.136. The Labute approximate surface area is 158 Å². The molecule has 0 spiro atoms. The van der Waals surface area contributed by atoms with Crippen molar-refractivity contribution < 1.29 is 13.9 Å². The van der Waals surface area contributed by atoms with Crippen LogP contribution < -0.4 is 5.32 Å². The summed E-state index contributed by atoms with van der Waals surface area (Å²) in [5.74, 6) is -0.0816. The maximum atomic E-state index is 13.7. The van der Waals surface area contributed by atoms with Crippen LogP contribution in [0.4, 0.5) is 10.1 Å². The van der Waals surface area contributed by atoms with E-state index in [2.05, 4.69) is 15.1 Å². The zero-order chi connectivity index (χ0) is 18.5. The van der Waals surface area contributed by atoms with E-state index in [9.17, 15) is 9.18 Å². The van der Waals surface area contributed by atoms with Gasteiger partial charge in [-0.05, 0) is 36.8 Å². The summed E-state index contributed by atoms with van der Waals surface area (Å²) in [5, 5.41) is 3.69. The number of halogens is 1. The molecule has 0 unspecified atom stereocenters. The molecule has 26 heavy (non-hydrogen) atoms. The molecule has 6 nitrogen and oxygen atoms in total. The number of thiocarbonyl (C=S) groups is 1. The monoisotopic (exact) mass is 380 g/mol. The van der Waals surface area contributed by atoms with Gasteiger partial charge >= 0.3 is 0 Å². The number of carbonyl (C=O) groups is 1. The number of nitrogens with zero attached hydrogens (tertiary/aromatic N) is 3. The molecule has 2 aliphatic rings. The molecule has 2 saturated heterocycles. The Bertz CT molecular complexity index is 659. The fourth-order valence-corrected chi connectivity index (χ4v) is 3.39. The van der Waals surface area contributed by atoms with Gasteiger partial charge < -0.3 is 19.9 Å². The van der Waals surface area contributed by atoms with E-state index in [4.69, 9.17) is 17.0 Å².